The molecule has 0 saturated heterocycles. The van der Waals surface area contributed by atoms with E-state index >= 15 is 0 Å². The first kappa shape index (κ1) is 11.7. The zero-order valence-electron chi connectivity index (χ0n) is 9.67. The van der Waals surface area contributed by atoms with Gasteiger partial charge in [-0.1, -0.05) is 46.0 Å². The fourth-order valence-corrected chi connectivity index (χ4v) is 2.73. The molecule has 82 valence electrons. The number of unbranched alkanes of at least 4 members (excludes halogenated alkanes) is 1. The van der Waals surface area contributed by atoms with Crippen LogP contribution in [-0.2, 0) is 4.79 Å². The lowest BCUT2D eigenvalue weighted by molar-refractivity contribution is -0.111. The maximum atomic E-state index is 10.5. The smallest absolute Gasteiger partial charge is 0.122 e. The summed E-state index contributed by atoms with van der Waals surface area (Å²) in [7, 11) is 0. The van der Waals surface area contributed by atoms with Crippen molar-refractivity contribution in [2.75, 3.05) is 0 Å². The lowest BCUT2D eigenvalue weighted by Crippen LogP contribution is -2.04. The molecule has 1 saturated carbocycles. The molecule has 0 aromatic carbocycles. The Balaban J connectivity index is 2.16. The summed E-state index contributed by atoms with van der Waals surface area (Å²) in [6.45, 7) is 4.31. The molecule has 3 unspecified atom stereocenters. The summed E-state index contributed by atoms with van der Waals surface area (Å²) in [5, 5.41) is 0. The van der Waals surface area contributed by atoms with Gasteiger partial charge in [0.1, 0.15) is 6.29 Å². The molecule has 0 aromatic heterocycles. The molecule has 0 amide bonds. The van der Waals surface area contributed by atoms with E-state index in [0.717, 1.165) is 24.5 Å². The molecule has 1 aliphatic rings. The second kappa shape index (κ2) is 6.21. The van der Waals surface area contributed by atoms with Crippen LogP contribution in [0.1, 0.15) is 58.8 Å². The van der Waals surface area contributed by atoms with Gasteiger partial charge in [0.25, 0.3) is 0 Å². The van der Waals surface area contributed by atoms with Gasteiger partial charge < -0.3 is 4.79 Å². The number of carbonyl (C=O) groups is 1. The van der Waals surface area contributed by atoms with E-state index in [2.05, 4.69) is 6.92 Å². The van der Waals surface area contributed by atoms with Gasteiger partial charge in [-0.3, -0.25) is 0 Å². The third-order valence-corrected chi connectivity index (χ3v) is 3.55. The van der Waals surface area contributed by atoms with E-state index in [1.54, 1.807) is 0 Å². The Morgan fingerprint density at radius 1 is 1.36 bits per heavy atom. The van der Waals surface area contributed by atoms with E-state index in [0.29, 0.717) is 0 Å². The molecule has 0 N–H and O–H groups in total. The average molecular weight is 196 g/mol. The molecule has 0 aromatic rings. The molecule has 0 heterocycles. The van der Waals surface area contributed by atoms with Crippen molar-refractivity contribution in [1.29, 1.82) is 0 Å². The number of rotatable bonds is 6. The van der Waals surface area contributed by atoms with Gasteiger partial charge in [0.15, 0.2) is 0 Å². The quantitative estimate of drug-likeness (QED) is 0.590. The van der Waals surface area contributed by atoms with Gasteiger partial charge in [-0.25, -0.2) is 0 Å². The second-order valence-electron chi connectivity index (χ2n) is 5.04. The van der Waals surface area contributed by atoms with E-state index in [-0.39, 0.29) is 5.92 Å². The Bertz CT molecular complexity index is 165. The Morgan fingerprint density at radius 2 is 2.07 bits per heavy atom. The molecule has 1 rings (SSSR count). The van der Waals surface area contributed by atoms with Gasteiger partial charge in [-0.2, -0.15) is 0 Å². The van der Waals surface area contributed by atoms with Crippen LogP contribution in [0.2, 0.25) is 0 Å². The van der Waals surface area contributed by atoms with E-state index in [1.165, 1.54) is 38.5 Å². The fourth-order valence-electron chi connectivity index (χ4n) is 2.73. The minimum absolute atomic E-state index is 0.282. The molecule has 0 bridgehead atoms. The van der Waals surface area contributed by atoms with Crippen molar-refractivity contribution < 1.29 is 4.79 Å². The minimum Gasteiger partial charge on any atom is -0.303 e. The Kier molecular flexibility index (Phi) is 5.21. The van der Waals surface area contributed by atoms with Crippen LogP contribution in [0.4, 0.5) is 0 Å². The summed E-state index contributed by atoms with van der Waals surface area (Å²) in [5.41, 5.74) is 0. The minimum atomic E-state index is 0.282. The van der Waals surface area contributed by atoms with E-state index < -0.39 is 0 Å². The monoisotopic (exact) mass is 196 g/mol. The summed E-state index contributed by atoms with van der Waals surface area (Å²) >= 11 is 0. The van der Waals surface area contributed by atoms with Crippen molar-refractivity contribution in [2.24, 2.45) is 17.8 Å². The zero-order valence-corrected chi connectivity index (χ0v) is 9.67. The summed E-state index contributed by atoms with van der Waals surface area (Å²) in [4.78, 5) is 10.5. The molecule has 0 aliphatic heterocycles. The average Bonchev–Trinajstić information content (AvgIpc) is 2.62. The van der Waals surface area contributed by atoms with Gasteiger partial charge in [-0.05, 0) is 24.7 Å². The highest BCUT2D eigenvalue weighted by atomic mass is 16.1. The summed E-state index contributed by atoms with van der Waals surface area (Å²) in [6.07, 6.45) is 10.5. The molecule has 3 atom stereocenters. The lowest BCUT2D eigenvalue weighted by Gasteiger charge is -2.12. The highest BCUT2D eigenvalue weighted by molar-refractivity contribution is 5.52. The third kappa shape index (κ3) is 3.81. The number of carbonyl (C=O) groups excluding carboxylic acids is 1. The Morgan fingerprint density at radius 3 is 2.71 bits per heavy atom. The van der Waals surface area contributed by atoms with Crippen molar-refractivity contribution in [3.8, 4) is 0 Å². The standard InChI is InChI=1S/C13H24O/c1-3-4-5-12-6-7-13(9-12)8-11(2)10-14/h10-13H,3-9H2,1-2H3. The van der Waals surface area contributed by atoms with Gasteiger partial charge in [0.2, 0.25) is 0 Å². The fraction of sp³-hybridized carbons (Fsp3) is 0.923. The van der Waals surface area contributed by atoms with Crippen molar-refractivity contribution >= 4 is 6.29 Å². The molecular formula is C13H24O. The van der Waals surface area contributed by atoms with Crippen LogP contribution >= 0.6 is 0 Å². The first-order valence-electron chi connectivity index (χ1n) is 6.21. The van der Waals surface area contributed by atoms with Crippen LogP contribution in [0.3, 0.4) is 0 Å². The van der Waals surface area contributed by atoms with E-state index in [9.17, 15) is 4.79 Å². The summed E-state index contributed by atoms with van der Waals surface area (Å²) in [6, 6.07) is 0. The van der Waals surface area contributed by atoms with Crippen molar-refractivity contribution in [3.05, 3.63) is 0 Å². The maximum absolute atomic E-state index is 10.5. The van der Waals surface area contributed by atoms with Gasteiger partial charge in [0.05, 0.1) is 0 Å². The normalized spacial score (nSPS) is 29.0. The molecule has 1 nitrogen and oxygen atoms in total. The summed E-state index contributed by atoms with van der Waals surface area (Å²) in [5.74, 6) is 2.10. The van der Waals surface area contributed by atoms with Crippen LogP contribution in [0.15, 0.2) is 0 Å². The second-order valence-corrected chi connectivity index (χ2v) is 5.04. The molecule has 1 heteroatoms. The number of hydrogen-bond donors (Lipinski definition) is 0. The topological polar surface area (TPSA) is 17.1 Å². The molecule has 0 spiro atoms. The SMILES string of the molecule is CCCCC1CCC(CC(C)C=O)C1. The summed E-state index contributed by atoms with van der Waals surface area (Å²) < 4.78 is 0. The van der Waals surface area contributed by atoms with Crippen LogP contribution in [0, 0.1) is 17.8 Å². The van der Waals surface area contributed by atoms with E-state index in [4.69, 9.17) is 0 Å². The number of hydrogen-bond acceptors (Lipinski definition) is 1. The molecular weight excluding hydrogens is 172 g/mol. The first-order chi connectivity index (χ1) is 6.76. The largest absolute Gasteiger partial charge is 0.303 e. The lowest BCUT2D eigenvalue weighted by atomic mass is 9.93. The van der Waals surface area contributed by atoms with Crippen molar-refractivity contribution in [3.63, 3.8) is 0 Å². The van der Waals surface area contributed by atoms with Gasteiger partial charge >= 0.3 is 0 Å². The van der Waals surface area contributed by atoms with Crippen LogP contribution in [0.25, 0.3) is 0 Å². The first-order valence-corrected chi connectivity index (χ1v) is 6.21. The van der Waals surface area contributed by atoms with Crippen molar-refractivity contribution in [2.45, 2.75) is 58.8 Å². The Hall–Kier alpha value is -0.330. The predicted octanol–water partition coefficient (Wildman–Crippen LogP) is 3.82. The van der Waals surface area contributed by atoms with Crippen LogP contribution in [0.5, 0.6) is 0 Å². The molecule has 14 heavy (non-hydrogen) atoms. The zero-order chi connectivity index (χ0) is 10.4. The molecule has 0 radical (unpaired) electrons. The van der Waals surface area contributed by atoms with Gasteiger partial charge in [-0.15, -0.1) is 0 Å². The number of aldehydes is 1. The highest BCUT2D eigenvalue weighted by Crippen LogP contribution is 2.37. The maximum Gasteiger partial charge on any atom is 0.122 e. The van der Waals surface area contributed by atoms with Crippen molar-refractivity contribution in [1.82, 2.24) is 0 Å². The van der Waals surface area contributed by atoms with Crippen LogP contribution in [-0.4, -0.2) is 6.29 Å². The highest BCUT2D eigenvalue weighted by Gasteiger charge is 2.25. The van der Waals surface area contributed by atoms with Gasteiger partial charge in [0, 0.05) is 5.92 Å². The molecule has 1 aliphatic carbocycles. The Labute approximate surface area is 88.3 Å². The van der Waals surface area contributed by atoms with E-state index in [1.807, 2.05) is 6.92 Å². The predicted molar refractivity (Wildman–Crippen MR) is 60.2 cm³/mol. The third-order valence-electron chi connectivity index (χ3n) is 3.55. The molecule has 1 fully saturated rings. The van der Waals surface area contributed by atoms with Crippen LogP contribution < -0.4 is 0 Å².